The lowest BCUT2D eigenvalue weighted by atomic mass is 9.95. The van der Waals surface area contributed by atoms with Crippen LogP contribution in [0.5, 0.6) is 17.2 Å². The highest BCUT2D eigenvalue weighted by atomic mass is 16.3. The van der Waals surface area contributed by atoms with E-state index in [1.165, 1.54) is 6.07 Å². The molecule has 0 saturated carbocycles. The minimum absolute atomic E-state index is 0.0336. The van der Waals surface area contributed by atoms with Gasteiger partial charge in [0.2, 0.25) is 0 Å². The Hall–Kier alpha value is -2.16. The van der Waals surface area contributed by atoms with Crippen molar-refractivity contribution >= 4 is 0 Å². The third-order valence-electron chi connectivity index (χ3n) is 3.15. The average Bonchev–Trinajstić information content (AvgIpc) is 2.29. The lowest BCUT2D eigenvalue weighted by Crippen LogP contribution is -1.88. The van der Waals surface area contributed by atoms with Crippen molar-refractivity contribution in [1.29, 1.82) is 0 Å². The molecule has 0 spiro atoms. The zero-order chi connectivity index (χ0) is 13.4. The molecule has 2 aromatic carbocycles. The molecular formula is C15H16O3. The highest BCUT2D eigenvalue weighted by Gasteiger charge is 2.12. The Morgan fingerprint density at radius 2 is 1.06 bits per heavy atom. The van der Waals surface area contributed by atoms with Crippen molar-refractivity contribution < 1.29 is 15.3 Å². The van der Waals surface area contributed by atoms with Gasteiger partial charge in [0, 0.05) is 11.6 Å². The lowest BCUT2D eigenvalue weighted by molar-refractivity contribution is 0.449. The van der Waals surface area contributed by atoms with Crippen LogP contribution in [0.2, 0.25) is 0 Å². The highest BCUT2D eigenvalue weighted by Crippen LogP contribution is 2.37. The largest absolute Gasteiger partial charge is 0.508 e. The SMILES string of the molecule is Cc1cc(-c2cc(C)c(O)cc2O)c(C)cc1O. The van der Waals surface area contributed by atoms with E-state index in [1.807, 2.05) is 19.9 Å². The predicted octanol–water partition coefficient (Wildman–Crippen LogP) is 3.40. The first-order chi connectivity index (χ1) is 8.40. The molecule has 0 aromatic heterocycles. The summed E-state index contributed by atoms with van der Waals surface area (Å²) < 4.78 is 0. The average molecular weight is 244 g/mol. The summed E-state index contributed by atoms with van der Waals surface area (Å²) in [7, 11) is 0. The van der Waals surface area contributed by atoms with E-state index in [4.69, 9.17) is 0 Å². The first-order valence-electron chi connectivity index (χ1n) is 5.73. The van der Waals surface area contributed by atoms with Gasteiger partial charge in [0.1, 0.15) is 17.2 Å². The van der Waals surface area contributed by atoms with Crippen molar-refractivity contribution in [1.82, 2.24) is 0 Å². The van der Waals surface area contributed by atoms with Gasteiger partial charge in [-0.1, -0.05) is 0 Å². The first kappa shape index (κ1) is 12.3. The third-order valence-corrected chi connectivity index (χ3v) is 3.15. The number of hydrogen-bond donors (Lipinski definition) is 3. The van der Waals surface area contributed by atoms with Crippen molar-refractivity contribution in [3.05, 3.63) is 41.0 Å². The standard InChI is InChI=1S/C15H16O3/c1-8-6-13(16)9(2)4-11(8)12-5-10(3)14(17)7-15(12)18/h4-7,16-18H,1-3H3. The van der Waals surface area contributed by atoms with E-state index < -0.39 is 0 Å². The molecule has 0 aliphatic heterocycles. The molecule has 3 nitrogen and oxygen atoms in total. The lowest BCUT2D eigenvalue weighted by Gasteiger charge is -2.12. The molecular weight excluding hydrogens is 228 g/mol. The van der Waals surface area contributed by atoms with Crippen molar-refractivity contribution in [3.63, 3.8) is 0 Å². The normalized spacial score (nSPS) is 10.6. The summed E-state index contributed by atoms with van der Waals surface area (Å²) in [6, 6.07) is 6.58. The Balaban J connectivity index is 2.69. The second-order valence-electron chi connectivity index (χ2n) is 4.61. The van der Waals surface area contributed by atoms with Gasteiger partial charge in [-0.2, -0.15) is 0 Å². The van der Waals surface area contributed by atoms with Crippen molar-refractivity contribution in [2.45, 2.75) is 20.8 Å². The van der Waals surface area contributed by atoms with Gasteiger partial charge in [-0.15, -0.1) is 0 Å². The maximum Gasteiger partial charge on any atom is 0.127 e. The third kappa shape index (κ3) is 1.99. The number of aryl methyl sites for hydroxylation is 3. The van der Waals surface area contributed by atoms with Crippen LogP contribution in [-0.2, 0) is 0 Å². The minimum Gasteiger partial charge on any atom is -0.508 e. The molecule has 0 radical (unpaired) electrons. The van der Waals surface area contributed by atoms with Crippen molar-refractivity contribution in [2.24, 2.45) is 0 Å². The van der Waals surface area contributed by atoms with Crippen LogP contribution in [0.1, 0.15) is 16.7 Å². The fraction of sp³-hybridized carbons (Fsp3) is 0.200. The van der Waals surface area contributed by atoms with Gasteiger partial charge < -0.3 is 15.3 Å². The van der Waals surface area contributed by atoms with Crippen LogP contribution in [-0.4, -0.2) is 15.3 Å². The minimum atomic E-state index is 0.0336. The molecule has 0 amide bonds. The summed E-state index contributed by atoms with van der Waals surface area (Å²) in [5.41, 5.74) is 3.84. The van der Waals surface area contributed by atoms with Gasteiger partial charge >= 0.3 is 0 Å². The Labute approximate surface area is 106 Å². The van der Waals surface area contributed by atoms with Gasteiger partial charge in [0.25, 0.3) is 0 Å². The summed E-state index contributed by atoms with van der Waals surface area (Å²) in [4.78, 5) is 0. The van der Waals surface area contributed by atoms with Crippen molar-refractivity contribution in [2.75, 3.05) is 0 Å². The van der Waals surface area contributed by atoms with E-state index in [2.05, 4.69) is 0 Å². The highest BCUT2D eigenvalue weighted by molar-refractivity contribution is 5.76. The van der Waals surface area contributed by atoms with Crippen LogP contribution in [0, 0.1) is 20.8 Å². The van der Waals surface area contributed by atoms with Gasteiger partial charge in [0.15, 0.2) is 0 Å². The number of aromatic hydroxyl groups is 3. The number of rotatable bonds is 1. The number of phenols is 3. The molecule has 0 fully saturated rings. The van der Waals surface area contributed by atoms with Crippen LogP contribution in [0.15, 0.2) is 24.3 Å². The zero-order valence-electron chi connectivity index (χ0n) is 10.7. The van der Waals surface area contributed by atoms with Crippen LogP contribution in [0.25, 0.3) is 11.1 Å². The molecule has 0 heterocycles. The quantitative estimate of drug-likeness (QED) is 0.720. The van der Waals surface area contributed by atoms with Crippen LogP contribution < -0.4 is 0 Å². The molecule has 3 N–H and O–H groups in total. The number of phenolic OH excluding ortho intramolecular Hbond substituents is 3. The number of hydrogen-bond acceptors (Lipinski definition) is 3. The van der Waals surface area contributed by atoms with E-state index in [-0.39, 0.29) is 17.2 Å². The van der Waals surface area contributed by atoms with E-state index in [9.17, 15) is 15.3 Å². The second kappa shape index (κ2) is 4.26. The van der Waals surface area contributed by atoms with Crippen molar-refractivity contribution in [3.8, 4) is 28.4 Å². The Morgan fingerprint density at radius 1 is 0.556 bits per heavy atom. The molecule has 0 aliphatic rings. The zero-order valence-corrected chi connectivity index (χ0v) is 10.7. The molecule has 0 atom stereocenters. The maximum atomic E-state index is 9.93. The fourth-order valence-electron chi connectivity index (χ4n) is 1.99. The molecule has 94 valence electrons. The van der Waals surface area contributed by atoms with E-state index in [1.54, 1.807) is 19.1 Å². The van der Waals surface area contributed by atoms with Crippen LogP contribution in [0.3, 0.4) is 0 Å². The summed E-state index contributed by atoms with van der Waals surface area (Å²) >= 11 is 0. The molecule has 0 saturated heterocycles. The topological polar surface area (TPSA) is 60.7 Å². The summed E-state index contributed by atoms with van der Waals surface area (Å²) in [5.74, 6) is 0.349. The first-order valence-corrected chi connectivity index (χ1v) is 5.73. The molecule has 0 aliphatic carbocycles. The van der Waals surface area contributed by atoms with Gasteiger partial charge in [-0.25, -0.2) is 0 Å². The smallest absolute Gasteiger partial charge is 0.127 e. The van der Waals surface area contributed by atoms with E-state index in [0.29, 0.717) is 11.1 Å². The molecule has 0 bridgehead atoms. The second-order valence-corrected chi connectivity index (χ2v) is 4.61. The van der Waals surface area contributed by atoms with Gasteiger partial charge in [-0.05, 0) is 61.2 Å². The number of benzene rings is 2. The summed E-state index contributed by atoms with van der Waals surface area (Å²) in [6.07, 6.45) is 0. The fourth-order valence-corrected chi connectivity index (χ4v) is 1.99. The Bertz CT molecular complexity index is 560. The maximum absolute atomic E-state index is 9.93. The molecule has 0 unspecified atom stereocenters. The summed E-state index contributed by atoms with van der Waals surface area (Å²) in [5, 5.41) is 29.1. The predicted molar refractivity (Wildman–Crippen MR) is 71.1 cm³/mol. The molecule has 2 aromatic rings. The van der Waals surface area contributed by atoms with E-state index in [0.717, 1.165) is 16.7 Å². The van der Waals surface area contributed by atoms with Crippen LogP contribution in [0.4, 0.5) is 0 Å². The molecule has 18 heavy (non-hydrogen) atoms. The van der Waals surface area contributed by atoms with Gasteiger partial charge in [0.05, 0.1) is 0 Å². The Kier molecular flexibility index (Phi) is 2.91. The molecule has 3 heteroatoms. The van der Waals surface area contributed by atoms with Crippen LogP contribution >= 0.6 is 0 Å². The monoisotopic (exact) mass is 244 g/mol. The van der Waals surface area contributed by atoms with Gasteiger partial charge in [-0.3, -0.25) is 0 Å². The summed E-state index contributed by atoms with van der Waals surface area (Å²) in [6.45, 7) is 5.46. The molecule has 2 rings (SSSR count). The Morgan fingerprint density at radius 3 is 1.67 bits per heavy atom. The van der Waals surface area contributed by atoms with E-state index >= 15 is 0 Å².